The number of rotatable bonds is 12. The number of likely N-dealkylation sites (tertiary alicyclic amines) is 1. The molecule has 82 heavy (non-hydrogen) atoms. The first-order valence-electron chi connectivity index (χ1n) is 30.3. The maximum absolute atomic E-state index is 15.2. The lowest BCUT2D eigenvalue weighted by Gasteiger charge is -2.55. The Morgan fingerprint density at radius 2 is 1.73 bits per heavy atom. The fourth-order valence-corrected chi connectivity index (χ4v) is 14.5. The molecule has 21 heteroatoms. The summed E-state index contributed by atoms with van der Waals surface area (Å²) < 4.78 is 65.6. The number of ether oxygens (including phenoxy) is 3. The Morgan fingerprint density at radius 1 is 0.963 bits per heavy atom. The molecule has 2 unspecified atom stereocenters. The Hall–Kier alpha value is -5.16. The van der Waals surface area contributed by atoms with E-state index in [1.165, 1.54) is 35.3 Å². The minimum Gasteiger partial charge on any atom is -0.464 e. The lowest BCUT2D eigenvalue weighted by Crippen LogP contribution is -2.73. The summed E-state index contributed by atoms with van der Waals surface area (Å²) in [5.74, 6) is -0.561. The molecule has 2 N–H and O–H groups in total. The number of methoxy groups -OCH3 is 1. The van der Waals surface area contributed by atoms with E-state index in [9.17, 15) is 9.59 Å². The van der Waals surface area contributed by atoms with E-state index < -0.39 is 53.9 Å². The van der Waals surface area contributed by atoms with Crippen LogP contribution in [0.15, 0.2) is 36.5 Å². The third-order valence-electron chi connectivity index (χ3n) is 19.1. The van der Waals surface area contributed by atoms with Gasteiger partial charge in [0.05, 0.1) is 61.7 Å². The van der Waals surface area contributed by atoms with E-state index in [0.29, 0.717) is 123 Å². The molecule has 7 fully saturated rings. The molecule has 3 aromatic rings. The average molecular weight is 1140 g/mol. The molecule has 2 aromatic heterocycles. The largest absolute Gasteiger partial charge is 0.464 e. The first-order valence-corrected chi connectivity index (χ1v) is 30.3. The number of hydrogen-bond acceptors (Lipinski definition) is 14. The van der Waals surface area contributed by atoms with E-state index in [0.717, 1.165) is 43.0 Å². The Bertz CT molecular complexity index is 2960. The Balaban J connectivity index is 0.865. The molecule has 0 radical (unpaired) electrons. The lowest BCUT2D eigenvalue weighted by atomic mass is 9.84. The maximum Gasteiger partial charge on any atom is 0.406 e. The molecule has 2 saturated carbocycles. The maximum atomic E-state index is 15.2. The van der Waals surface area contributed by atoms with Crippen molar-refractivity contribution in [1.29, 1.82) is 0 Å². The summed E-state index contributed by atoms with van der Waals surface area (Å²) in [7, 11) is 3.61. The average Bonchev–Trinajstić information content (AvgIpc) is 4.28. The summed E-state index contributed by atoms with van der Waals surface area (Å²) in [5.41, 5.74) is 7.05. The number of likely N-dealkylation sites (N-methyl/N-ethyl adjacent to an activating group) is 1. The molecule has 8 atom stereocenters. The number of anilines is 1. The zero-order valence-electron chi connectivity index (χ0n) is 48.9. The predicted molar refractivity (Wildman–Crippen MR) is 304 cm³/mol. The fraction of sp³-hybridized carbons (Fsp3) is 0.689. The van der Waals surface area contributed by atoms with Crippen LogP contribution in [0, 0.1) is 17.3 Å². The number of hydrazine groups is 1. The normalized spacial score (nSPS) is 29.0. The van der Waals surface area contributed by atoms with E-state index in [1.807, 2.05) is 71.0 Å². The molecule has 9 heterocycles. The van der Waals surface area contributed by atoms with Crippen LogP contribution >= 0.6 is 0 Å². The number of morpholine rings is 1. The number of nitrogens with one attached hydrogen (secondary N) is 2. The summed E-state index contributed by atoms with van der Waals surface area (Å²) in [4.78, 5) is 76.1. The van der Waals surface area contributed by atoms with E-state index in [1.54, 1.807) is 13.2 Å². The molecule has 2 aliphatic carbocycles. The number of aromatic nitrogens is 2. The van der Waals surface area contributed by atoms with Gasteiger partial charge in [0.15, 0.2) is 0 Å². The van der Waals surface area contributed by atoms with Crippen molar-refractivity contribution >= 4 is 45.9 Å². The van der Waals surface area contributed by atoms with Crippen LogP contribution in [0.2, 0.25) is 0 Å². The summed E-state index contributed by atoms with van der Waals surface area (Å²) in [6.07, 6.45) is 5.44. The minimum absolute atomic E-state index is 0.0563. The van der Waals surface area contributed by atoms with Crippen molar-refractivity contribution in [2.75, 3.05) is 111 Å². The quantitative estimate of drug-likeness (QED) is 0.173. The summed E-state index contributed by atoms with van der Waals surface area (Å²) in [6.45, 7) is 15.6. The highest BCUT2D eigenvalue weighted by Crippen LogP contribution is 2.48. The van der Waals surface area contributed by atoms with Crippen LogP contribution in [-0.4, -0.2) is 217 Å². The van der Waals surface area contributed by atoms with Crippen LogP contribution in [0.5, 0.6) is 0 Å². The van der Waals surface area contributed by atoms with Crippen molar-refractivity contribution in [3.63, 3.8) is 0 Å². The number of piperazine rings is 1. The number of carbonyl (C=O) groups is 4. The van der Waals surface area contributed by atoms with Gasteiger partial charge in [-0.1, -0.05) is 39.8 Å². The highest BCUT2D eigenvalue weighted by Gasteiger charge is 2.61. The number of pyridine rings is 1. The number of cyclic esters (lactones) is 1. The fourth-order valence-electron chi connectivity index (χ4n) is 14.5. The molecule has 6 bridgehead atoms. The van der Waals surface area contributed by atoms with Gasteiger partial charge in [0.1, 0.15) is 30.3 Å². The van der Waals surface area contributed by atoms with Crippen molar-refractivity contribution in [2.45, 2.75) is 147 Å². The molecular formula is C61H84F3N11O7. The number of fused-ring (bicyclic) bond motifs is 6. The van der Waals surface area contributed by atoms with Crippen LogP contribution in [0.1, 0.15) is 102 Å². The van der Waals surface area contributed by atoms with Gasteiger partial charge in [-0.15, -0.1) is 0 Å². The Kier molecular flexibility index (Phi) is 15.6. The number of halogens is 3. The van der Waals surface area contributed by atoms with Crippen LogP contribution < -0.4 is 15.6 Å². The third-order valence-corrected chi connectivity index (χ3v) is 19.1. The second kappa shape index (κ2) is 22.4. The monoisotopic (exact) mass is 1140 g/mol. The van der Waals surface area contributed by atoms with E-state index >= 15 is 22.8 Å². The first-order chi connectivity index (χ1) is 39.2. The molecule has 5 saturated heterocycles. The highest BCUT2D eigenvalue weighted by atomic mass is 19.4. The Labute approximate surface area is 479 Å². The van der Waals surface area contributed by atoms with Gasteiger partial charge in [0.25, 0.3) is 5.91 Å². The molecule has 12 rings (SSSR count). The molecule has 3 amide bonds. The van der Waals surface area contributed by atoms with Gasteiger partial charge in [-0.3, -0.25) is 48.8 Å². The number of carbonyl (C=O) groups excluding carboxylic acids is 4. The number of amides is 3. The molecule has 1 spiro atoms. The van der Waals surface area contributed by atoms with Gasteiger partial charge in [-0.25, -0.2) is 5.43 Å². The summed E-state index contributed by atoms with van der Waals surface area (Å²) in [5, 5.41) is 5.36. The number of alkyl halides is 3. The van der Waals surface area contributed by atoms with E-state index in [2.05, 4.69) is 41.3 Å². The minimum atomic E-state index is -4.59. The second-order valence-electron chi connectivity index (χ2n) is 26.4. The molecular weight excluding hydrogens is 1060 g/mol. The van der Waals surface area contributed by atoms with Crippen LogP contribution in [0.3, 0.4) is 0 Å². The van der Waals surface area contributed by atoms with Gasteiger partial charge in [0, 0.05) is 107 Å². The van der Waals surface area contributed by atoms with Gasteiger partial charge in [-0.2, -0.15) is 13.2 Å². The van der Waals surface area contributed by atoms with Crippen LogP contribution in [0.25, 0.3) is 27.7 Å². The standard InChI is InChI=1S/C61H84F3N11O7/c1-37(2)51(72-24-25-82-60(32-72)33-73(34-60)57(78)54-52(68(54)6)39-12-13-39)55(76)66-48-31-69-18-8-10-41(30-69)40-14-17-49-44(26-40)46(28-59(4,5)36-81-58(79)47-11-9-19-75(67-47)56(48)77)53(74(49)35-61(62,63)64)45-27-43(29-65-50(45)38(3)80-7)71-22-20-70(21-23-71)42-15-16-42/h10,14,17,26-27,29,37-39,42,47-48,51-52,54,67H,8-9,11-13,15-16,18-25,28,30-36H2,1-7H3,(H,66,76)/t38-,47-,48-,51-,52+,54+,68?/m0/s1. The van der Waals surface area contributed by atoms with Gasteiger partial charge >= 0.3 is 12.1 Å². The number of benzene rings is 1. The number of nitrogens with zero attached hydrogens (tertiary/aromatic N) is 9. The number of esters is 1. The molecule has 1 aromatic carbocycles. The van der Waals surface area contributed by atoms with E-state index in [-0.39, 0.29) is 49.3 Å². The molecule has 9 aliphatic rings. The lowest BCUT2D eigenvalue weighted by molar-refractivity contribution is -0.197. The molecule has 7 aliphatic heterocycles. The Morgan fingerprint density at radius 3 is 2.44 bits per heavy atom. The zero-order chi connectivity index (χ0) is 57.6. The van der Waals surface area contributed by atoms with Crippen molar-refractivity contribution in [1.82, 2.24) is 49.8 Å². The zero-order valence-corrected chi connectivity index (χ0v) is 48.9. The van der Waals surface area contributed by atoms with Crippen LogP contribution in [-0.2, 0) is 46.4 Å². The van der Waals surface area contributed by atoms with Crippen molar-refractivity contribution < 1.29 is 46.6 Å². The molecule has 446 valence electrons. The topological polar surface area (TPSA) is 160 Å². The first kappa shape index (κ1) is 57.3. The van der Waals surface area contributed by atoms with Gasteiger partial charge in [-0.05, 0) is 112 Å². The highest BCUT2D eigenvalue weighted by molar-refractivity contribution is 5.95. The molecule has 18 nitrogen and oxygen atoms in total. The smallest absolute Gasteiger partial charge is 0.406 e. The van der Waals surface area contributed by atoms with Crippen molar-refractivity contribution in [3.05, 3.63) is 53.4 Å². The SMILES string of the molecule is CO[C@@H](C)c1ncc(N2CCN(C3CC3)CC2)cc1-c1c2c3cc(ccc3n1CC(F)(F)F)C1=CCCN(C1)C[C@H](NC(=O)[C@H](C(C)C)N1CCOC3(CN(C(=O)[C@H]4[C@@H](C5CC5)N4C)C3)C1)C(=O)N1CCC[C@H](N1)C(=O)OCC(C)(C)C2. The number of hydrogen-bond donors (Lipinski definition) is 2. The second-order valence-corrected chi connectivity index (χ2v) is 26.4. The summed E-state index contributed by atoms with van der Waals surface area (Å²) >= 11 is 0. The van der Waals surface area contributed by atoms with Gasteiger partial charge < -0.3 is 33.9 Å². The van der Waals surface area contributed by atoms with Crippen molar-refractivity contribution in [2.24, 2.45) is 17.3 Å². The van der Waals surface area contributed by atoms with Gasteiger partial charge in [0.2, 0.25) is 11.8 Å². The summed E-state index contributed by atoms with van der Waals surface area (Å²) in [6, 6.07) is 6.12. The predicted octanol–water partition coefficient (Wildman–Crippen LogP) is 5.48. The van der Waals surface area contributed by atoms with E-state index in [4.69, 9.17) is 19.2 Å². The van der Waals surface area contributed by atoms with Crippen molar-refractivity contribution in [3.8, 4) is 11.3 Å². The van der Waals surface area contributed by atoms with Crippen LogP contribution in [0.4, 0.5) is 18.9 Å². The third kappa shape index (κ3) is 11.7.